The minimum atomic E-state index is -0.876. The average molecular weight is 218 g/mol. The zero-order valence-corrected chi connectivity index (χ0v) is 9.65. The fourth-order valence-electron chi connectivity index (χ4n) is 1.47. The van der Waals surface area contributed by atoms with Crippen LogP contribution in [0.1, 0.15) is 48.5 Å². The number of carbonyl (C=O) groups is 1. The topological polar surface area (TPSA) is 37.3 Å². The highest BCUT2D eigenvalue weighted by Gasteiger charge is 1.99. The number of rotatable bonds is 6. The summed E-state index contributed by atoms with van der Waals surface area (Å²) >= 11 is 0. The van der Waals surface area contributed by atoms with E-state index in [1.807, 2.05) is 18.2 Å². The van der Waals surface area contributed by atoms with Gasteiger partial charge in [0.15, 0.2) is 0 Å². The molecule has 0 atom stereocenters. The average Bonchev–Trinajstić information content (AvgIpc) is 2.29. The Hall–Kier alpha value is -1.57. The molecule has 0 radical (unpaired) electrons. The Morgan fingerprint density at radius 2 is 1.94 bits per heavy atom. The fourth-order valence-corrected chi connectivity index (χ4v) is 1.47. The first-order valence-electron chi connectivity index (χ1n) is 5.74. The lowest BCUT2D eigenvalue weighted by molar-refractivity contribution is 0.0697. The van der Waals surface area contributed by atoms with Crippen molar-refractivity contribution in [1.82, 2.24) is 0 Å². The molecule has 0 aliphatic rings. The van der Waals surface area contributed by atoms with Crippen molar-refractivity contribution in [3.63, 3.8) is 0 Å². The third kappa shape index (κ3) is 4.30. The molecule has 1 aromatic carbocycles. The van der Waals surface area contributed by atoms with E-state index in [0.717, 1.165) is 12.0 Å². The third-order valence-corrected chi connectivity index (χ3v) is 2.44. The molecule has 1 rings (SSSR count). The zero-order chi connectivity index (χ0) is 11.8. The van der Waals surface area contributed by atoms with Gasteiger partial charge < -0.3 is 5.11 Å². The molecular formula is C14H18O2. The number of unbranched alkanes of at least 4 members (excludes halogenated alkanes) is 3. The van der Waals surface area contributed by atoms with Crippen molar-refractivity contribution in [2.45, 2.75) is 32.6 Å². The summed E-state index contributed by atoms with van der Waals surface area (Å²) in [5.74, 6) is -0.876. The molecule has 2 nitrogen and oxygen atoms in total. The maximum absolute atomic E-state index is 10.6. The van der Waals surface area contributed by atoms with Crippen LogP contribution in [0.2, 0.25) is 0 Å². The van der Waals surface area contributed by atoms with Crippen molar-refractivity contribution in [1.29, 1.82) is 0 Å². The van der Waals surface area contributed by atoms with Crippen LogP contribution < -0.4 is 0 Å². The smallest absolute Gasteiger partial charge is 0.335 e. The van der Waals surface area contributed by atoms with Gasteiger partial charge in [0, 0.05) is 0 Å². The molecule has 0 aromatic heterocycles. The molecule has 0 unspecified atom stereocenters. The molecule has 1 aromatic rings. The van der Waals surface area contributed by atoms with Crippen molar-refractivity contribution in [3.8, 4) is 0 Å². The van der Waals surface area contributed by atoms with Crippen LogP contribution in [0.4, 0.5) is 0 Å². The Morgan fingerprint density at radius 1 is 1.25 bits per heavy atom. The van der Waals surface area contributed by atoms with Gasteiger partial charge in [-0.25, -0.2) is 4.79 Å². The lowest BCUT2D eigenvalue weighted by Gasteiger charge is -1.96. The van der Waals surface area contributed by atoms with Crippen LogP contribution in [0.25, 0.3) is 6.08 Å². The van der Waals surface area contributed by atoms with Gasteiger partial charge in [0.05, 0.1) is 5.56 Å². The predicted octanol–water partition coefficient (Wildman–Crippen LogP) is 3.98. The zero-order valence-electron chi connectivity index (χ0n) is 9.65. The second kappa shape index (κ2) is 6.83. The van der Waals surface area contributed by atoms with Crippen LogP contribution in [-0.2, 0) is 0 Å². The van der Waals surface area contributed by atoms with E-state index >= 15 is 0 Å². The summed E-state index contributed by atoms with van der Waals surface area (Å²) in [4.78, 5) is 10.6. The maximum Gasteiger partial charge on any atom is 0.335 e. The molecule has 0 saturated carbocycles. The summed E-state index contributed by atoms with van der Waals surface area (Å²) in [5, 5.41) is 8.73. The number of benzene rings is 1. The number of hydrogen-bond donors (Lipinski definition) is 1. The van der Waals surface area contributed by atoms with E-state index in [4.69, 9.17) is 5.11 Å². The Balaban J connectivity index is 2.45. The van der Waals surface area contributed by atoms with Gasteiger partial charge in [-0.2, -0.15) is 0 Å². The van der Waals surface area contributed by atoms with E-state index in [0.29, 0.717) is 5.56 Å². The highest BCUT2D eigenvalue weighted by Crippen LogP contribution is 2.08. The second-order valence-corrected chi connectivity index (χ2v) is 3.83. The summed E-state index contributed by atoms with van der Waals surface area (Å²) in [6.07, 6.45) is 9.00. The number of carboxylic acids is 1. The monoisotopic (exact) mass is 218 g/mol. The molecule has 0 heterocycles. The molecule has 0 fully saturated rings. The van der Waals surface area contributed by atoms with Crippen LogP contribution in [0.15, 0.2) is 30.3 Å². The van der Waals surface area contributed by atoms with Gasteiger partial charge in [-0.15, -0.1) is 0 Å². The van der Waals surface area contributed by atoms with Crippen LogP contribution in [0.5, 0.6) is 0 Å². The van der Waals surface area contributed by atoms with E-state index in [9.17, 15) is 4.79 Å². The van der Waals surface area contributed by atoms with E-state index in [1.165, 1.54) is 19.3 Å². The minimum absolute atomic E-state index is 0.336. The summed E-state index contributed by atoms with van der Waals surface area (Å²) in [7, 11) is 0. The molecule has 0 saturated heterocycles. The van der Waals surface area contributed by atoms with Crippen LogP contribution >= 0.6 is 0 Å². The molecule has 0 spiro atoms. The van der Waals surface area contributed by atoms with E-state index in [2.05, 4.69) is 13.0 Å². The van der Waals surface area contributed by atoms with Crippen molar-refractivity contribution >= 4 is 12.0 Å². The predicted molar refractivity (Wildman–Crippen MR) is 66.6 cm³/mol. The molecular weight excluding hydrogens is 200 g/mol. The van der Waals surface area contributed by atoms with Gasteiger partial charge in [0.1, 0.15) is 0 Å². The molecule has 0 aliphatic carbocycles. The van der Waals surface area contributed by atoms with Crippen molar-refractivity contribution in [2.75, 3.05) is 0 Å². The fraction of sp³-hybridized carbons (Fsp3) is 0.357. The molecule has 86 valence electrons. The van der Waals surface area contributed by atoms with Crippen molar-refractivity contribution in [3.05, 3.63) is 41.5 Å². The second-order valence-electron chi connectivity index (χ2n) is 3.83. The molecule has 0 bridgehead atoms. The molecule has 0 aliphatic heterocycles. The summed E-state index contributed by atoms with van der Waals surface area (Å²) < 4.78 is 0. The lowest BCUT2D eigenvalue weighted by atomic mass is 10.1. The van der Waals surface area contributed by atoms with Crippen molar-refractivity contribution in [2.24, 2.45) is 0 Å². The molecule has 1 N–H and O–H groups in total. The number of hydrogen-bond acceptors (Lipinski definition) is 1. The van der Waals surface area contributed by atoms with Gasteiger partial charge in [0.25, 0.3) is 0 Å². The summed E-state index contributed by atoms with van der Waals surface area (Å²) in [6, 6.07) is 6.93. The van der Waals surface area contributed by atoms with Crippen LogP contribution in [0, 0.1) is 0 Å². The maximum atomic E-state index is 10.6. The third-order valence-electron chi connectivity index (χ3n) is 2.44. The Bertz CT molecular complexity index is 350. The van der Waals surface area contributed by atoms with Gasteiger partial charge >= 0.3 is 5.97 Å². The van der Waals surface area contributed by atoms with Gasteiger partial charge in [-0.05, 0) is 30.5 Å². The highest BCUT2D eigenvalue weighted by atomic mass is 16.4. The van der Waals surface area contributed by atoms with Gasteiger partial charge in [0.2, 0.25) is 0 Å². The van der Waals surface area contributed by atoms with E-state index in [-0.39, 0.29) is 0 Å². The van der Waals surface area contributed by atoms with E-state index < -0.39 is 5.97 Å². The first-order chi connectivity index (χ1) is 7.74. The minimum Gasteiger partial charge on any atom is -0.478 e. The standard InChI is InChI=1S/C14H18O2/c1-2-3-4-5-6-7-12-8-10-13(11-9-12)14(15)16/h6-11H,2-5H2,1H3,(H,15,16). The van der Waals surface area contributed by atoms with Gasteiger partial charge in [-0.3, -0.25) is 0 Å². The Morgan fingerprint density at radius 3 is 2.50 bits per heavy atom. The SMILES string of the molecule is CCCCCC=Cc1ccc(C(=O)O)cc1. The normalized spacial score (nSPS) is 10.8. The number of allylic oxidation sites excluding steroid dienone is 1. The molecule has 0 amide bonds. The van der Waals surface area contributed by atoms with E-state index in [1.54, 1.807) is 12.1 Å². The van der Waals surface area contributed by atoms with Crippen LogP contribution in [-0.4, -0.2) is 11.1 Å². The molecule has 16 heavy (non-hydrogen) atoms. The van der Waals surface area contributed by atoms with Gasteiger partial charge in [-0.1, -0.05) is 44.1 Å². The quantitative estimate of drug-likeness (QED) is 0.733. The summed E-state index contributed by atoms with van der Waals surface area (Å²) in [5.41, 5.74) is 1.39. The molecule has 2 heteroatoms. The highest BCUT2D eigenvalue weighted by molar-refractivity contribution is 5.87. The van der Waals surface area contributed by atoms with Crippen LogP contribution in [0.3, 0.4) is 0 Å². The number of carboxylic acid groups (broad SMARTS) is 1. The number of aromatic carboxylic acids is 1. The largest absolute Gasteiger partial charge is 0.478 e. The summed E-state index contributed by atoms with van der Waals surface area (Å²) in [6.45, 7) is 2.19. The first kappa shape index (κ1) is 12.5. The first-order valence-corrected chi connectivity index (χ1v) is 5.74. The van der Waals surface area contributed by atoms with Crippen molar-refractivity contribution < 1.29 is 9.90 Å². The Kier molecular flexibility index (Phi) is 5.34. The Labute approximate surface area is 96.6 Å². The lowest BCUT2D eigenvalue weighted by Crippen LogP contribution is -1.94.